The smallest absolute Gasteiger partial charge is 0.266 e. The first-order chi connectivity index (χ1) is 12.4. The quantitative estimate of drug-likeness (QED) is 0.719. The second kappa shape index (κ2) is 7.66. The lowest BCUT2D eigenvalue weighted by Crippen LogP contribution is -2.30. The summed E-state index contributed by atoms with van der Waals surface area (Å²) in [6, 6.07) is 13.7. The third-order valence-corrected chi connectivity index (χ3v) is 4.76. The van der Waals surface area contributed by atoms with Crippen LogP contribution in [0.4, 0.5) is 5.13 Å². The summed E-state index contributed by atoms with van der Waals surface area (Å²) in [6.07, 6.45) is -0.635. The summed E-state index contributed by atoms with van der Waals surface area (Å²) in [5.74, 6) is 1.02. The Bertz CT molecular complexity index is 919. The van der Waals surface area contributed by atoms with E-state index in [4.69, 9.17) is 4.74 Å². The molecule has 0 aliphatic heterocycles. The highest BCUT2D eigenvalue weighted by Gasteiger charge is 2.17. The van der Waals surface area contributed by atoms with Crippen LogP contribution in [0.1, 0.15) is 23.6 Å². The van der Waals surface area contributed by atoms with Crippen molar-refractivity contribution in [2.75, 3.05) is 5.32 Å². The Kier molecular flexibility index (Phi) is 5.32. The minimum atomic E-state index is -0.635. The van der Waals surface area contributed by atoms with Crippen molar-refractivity contribution in [1.82, 2.24) is 9.36 Å². The van der Waals surface area contributed by atoms with Gasteiger partial charge in [-0.2, -0.15) is 9.36 Å². The lowest BCUT2D eigenvalue weighted by molar-refractivity contribution is -0.122. The van der Waals surface area contributed by atoms with Crippen LogP contribution in [0.3, 0.4) is 0 Å². The molecule has 0 radical (unpaired) electrons. The van der Waals surface area contributed by atoms with E-state index in [1.165, 1.54) is 11.1 Å². The van der Waals surface area contributed by atoms with E-state index >= 15 is 0 Å². The van der Waals surface area contributed by atoms with Crippen molar-refractivity contribution in [1.29, 1.82) is 0 Å². The van der Waals surface area contributed by atoms with Crippen LogP contribution >= 0.6 is 11.5 Å². The molecule has 0 bridgehead atoms. The summed E-state index contributed by atoms with van der Waals surface area (Å²) >= 11 is 1.16. The number of anilines is 1. The summed E-state index contributed by atoms with van der Waals surface area (Å²) in [4.78, 5) is 16.7. The highest BCUT2D eigenvalue weighted by molar-refractivity contribution is 7.10. The Hall–Kier alpha value is -2.73. The zero-order valence-corrected chi connectivity index (χ0v) is 16.1. The molecule has 0 fully saturated rings. The number of benzene rings is 2. The number of carbonyl (C=O) groups excluding carboxylic acids is 1. The number of rotatable bonds is 5. The van der Waals surface area contributed by atoms with Crippen LogP contribution in [0.15, 0.2) is 42.5 Å². The van der Waals surface area contributed by atoms with Gasteiger partial charge in [-0.3, -0.25) is 10.1 Å². The molecule has 1 heterocycles. The van der Waals surface area contributed by atoms with Gasteiger partial charge in [0, 0.05) is 17.1 Å². The number of nitrogens with one attached hydrogen (secondary N) is 1. The molecule has 0 aliphatic carbocycles. The molecule has 3 rings (SSSR count). The highest BCUT2D eigenvalue weighted by Crippen LogP contribution is 2.22. The lowest BCUT2D eigenvalue weighted by Gasteiger charge is -2.14. The van der Waals surface area contributed by atoms with Crippen molar-refractivity contribution in [3.8, 4) is 17.1 Å². The van der Waals surface area contributed by atoms with Crippen LogP contribution in [-0.4, -0.2) is 21.4 Å². The maximum absolute atomic E-state index is 12.4. The van der Waals surface area contributed by atoms with Crippen molar-refractivity contribution in [2.45, 2.75) is 33.8 Å². The molecular weight excluding hydrogens is 346 g/mol. The van der Waals surface area contributed by atoms with Crippen molar-refractivity contribution in [2.24, 2.45) is 0 Å². The molecule has 0 unspecified atom stereocenters. The summed E-state index contributed by atoms with van der Waals surface area (Å²) in [5, 5.41) is 3.23. The van der Waals surface area contributed by atoms with Crippen molar-refractivity contribution in [3.63, 3.8) is 0 Å². The van der Waals surface area contributed by atoms with Crippen LogP contribution in [0.5, 0.6) is 5.75 Å². The zero-order valence-electron chi connectivity index (χ0n) is 15.2. The molecule has 1 amide bonds. The van der Waals surface area contributed by atoms with Crippen LogP contribution in [0.25, 0.3) is 11.4 Å². The van der Waals surface area contributed by atoms with Gasteiger partial charge >= 0.3 is 0 Å². The van der Waals surface area contributed by atoms with E-state index in [0.29, 0.717) is 16.7 Å². The summed E-state index contributed by atoms with van der Waals surface area (Å²) in [5.41, 5.74) is 4.41. The molecule has 2 aromatic carbocycles. The SMILES string of the molecule is Cc1ccc(-c2nsc(NC(=O)[C@@H](C)Oc3ccc(C)c(C)c3)n2)cc1. The second-order valence-corrected chi connectivity index (χ2v) is 7.04. The molecule has 134 valence electrons. The van der Waals surface area contributed by atoms with Gasteiger partial charge < -0.3 is 4.74 Å². The van der Waals surface area contributed by atoms with Gasteiger partial charge in [-0.1, -0.05) is 35.9 Å². The minimum Gasteiger partial charge on any atom is -0.481 e. The molecule has 0 saturated heterocycles. The lowest BCUT2D eigenvalue weighted by atomic mass is 10.1. The molecule has 6 heteroatoms. The number of amides is 1. The standard InChI is InChI=1S/C20H21N3O2S/c1-12-5-8-16(9-6-12)18-21-20(26-23-18)22-19(24)15(4)25-17-10-7-13(2)14(3)11-17/h5-11,15H,1-4H3,(H,21,22,23,24)/t15-/m1/s1. The molecule has 0 saturated carbocycles. The first-order valence-electron chi connectivity index (χ1n) is 8.38. The first-order valence-corrected chi connectivity index (χ1v) is 9.15. The Morgan fingerprint density at radius 1 is 1.08 bits per heavy atom. The Morgan fingerprint density at radius 3 is 2.50 bits per heavy atom. The van der Waals surface area contributed by atoms with Gasteiger partial charge in [-0.05, 0) is 51.0 Å². The number of hydrogen-bond acceptors (Lipinski definition) is 5. The van der Waals surface area contributed by atoms with Gasteiger partial charge in [0.2, 0.25) is 5.13 Å². The minimum absolute atomic E-state index is 0.255. The fraction of sp³-hybridized carbons (Fsp3) is 0.250. The largest absolute Gasteiger partial charge is 0.481 e. The zero-order chi connectivity index (χ0) is 18.7. The number of aromatic nitrogens is 2. The number of carbonyl (C=O) groups is 1. The Morgan fingerprint density at radius 2 is 1.81 bits per heavy atom. The predicted octanol–water partition coefficient (Wildman–Crippen LogP) is 4.54. The molecule has 3 aromatic rings. The Labute approximate surface area is 157 Å². The van der Waals surface area contributed by atoms with Crippen LogP contribution in [0, 0.1) is 20.8 Å². The summed E-state index contributed by atoms with van der Waals surface area (Å²) in [6.45, 7) is 7.80. The second-order valence-electron chi connectivity index (χ2n) is 6.28. The number of nitrogens with zero attached hydrogens (tertiary/aromatic N) is 2. The van der Waals surface area contributed by atoms with Gasteiger partial charge in [0.15, 0.2) is 11.9 Å². The van der Waals surface area contributed by atoms with Gasteiger partial charge in [-0.15, -0.1) is 0 Å². The summed E-state index contributed by atoms with van der Waals surface area (Å²) < 4.78 is 10.0. The van der Waals surface area contributed by atoms with Crippen molar-refractivity contribution >= 4 is 22.6 Å². The van der Waals surface area contributed by atoms with E-state index in [-0.39, 0.29) is 5.91 Å². The third-order valence-electron chi connectivity index (χ3n) is 4.13. The fourth-order valence-electron chi connectivity index (χ4n) is 2.35. The molecule has 0 aliphatic rings. The number of aryl methyl sites for hydroxylation is 3. The summed E-state index contributed by atoms with van der Waals surface area (Å²) in [7, 11) is 0. The maximum Gasteiger partial charge on any atom is 0.266 e. The number of ether oxygens (including phenoxy) is 1. The van der Waals surface area contributed by atoms with E-state index in [0.717, 1.165) is 22.7 Å². The molecule has 5 nitrogen and oxygen atoms in total. The Balaban J connectivity index is 1.64. The van der Waals surface area contributed by atoms with E-state index in [1.807, 2.05) is 63.2 Å². The van der Waals surface area contributed by atoms with Gasteiger partial charge in [0.25, 0.3) is 5.91 Å². The molecular formula is C20H21N3O2S. The average Bonchev–Trinajstić information content (AvgIpc) is 3.07. The maximum atomic E-state index is 12.4. The van der Waals surface area contributed by atoms with E-state index < -0.39 is 6.10 Å². The van der Waals surface area contributed by atoms with Crippen LogP contribution < -0.4 is 10.1 Å². The van der Waals surface area contributed by atoms with E-state index in [1.54, 1.807) is 6.92 Å². The monoisotopic (exact) mass is 367 g/mol. The normalized spacial score (nSPS) is 11.8. The van der Waals surface area contributed by atoms with Gasteiger partial charge in [0.05, 0.1) is 0 Å². The van der Waals surface area contributed by atoms with Crippen LogP contribution in [-0.2, 0) is 4.79 Å². The predicted molar refractivity (Wildman–Crippen MR) is 105 cm³/mol. The van der Waals surface area contributed by atoms with Crippen LogP contribution in [0.2, 0.25) is 0 Å². The molecule has 1 atom stereocenters. The first kappa shape index (κ1) is 18.1. The highest BCUT2D eigenvalue weighted by atomic mass is 32.1. The number of hydrogen-bond donors (Lipinski definition) is 1. The molecule has 1 N–H and O–H groups in total. The fourth-order valence-corrected chi connectivity index (χ4v) is 2.94. The third kappa shape index (κ3) is 4.26. The molecule has 0 spiro atoms. The average molecular weight is 367 g/mol. The molecule has 1 aromatic heterocycles. The molecule has 26 heavy (non-hydrogen) atoms. The van der Waals surface area contributed by atoms with Gasteiger partial charge in [-0.25, -0.2) is 0 Å². The van der Waals surface area contributed by atoms with Crippen molar-refractivity contribution in [3.05, 3.63) is 59.2 Å². The van der Waals surface area contributed by atoms with Gasteiger partial charge in [0.1, 0.15) is 5.75 Å². The topological polar surface area (TPSA) is 64.1 Å². The van der Waals surface area contributed by atoms with Crippen molar-refractivity contribution < 1.29 is 9.53 Å². The van der Waals surface area contributed by atoms with E-state index in [9.17, 15) is 4.79 Å². The van der Waals surface area contributed by atoms with E-state index in [2.05, 4.69) is 14.7 Å².